The van der Waals surface area contributed by atoms with Gasteiger partial charge in [0.1, 0.15) is 17.8 Å². The molecular formula is C20H18ClF2N3O4. The number of halogens is 3. The van der Waals surface area contributed by atoms with E-state index in [0.29, 0.717) is 26.9 Å². The number of amides is 4. The zero-order valence-corrected chi connectivity index (χ0v) is 17.1. The van der Waals surface area contributed by atoms with Crippen LogP contribution in [0.15, 0.2) is 30.3 Å². The second-order valence-electron chi connectivity index (χ2n) is 6.93. The molecule has 30 heavy (non-hydrogen) atoms. The van der Waals surface area contributed by atoms with E-state index >= 15 is 0 Å². The van der Waals surface area contributed by atoms with E-state index in [1.165, 1.54) is 26.2 Å². The number of urea groups is 1. The standard InChI is InChI=1S/C20H18ClF2N3O4/c1-10-6-15(16(30-3)8-12(10)21)24-17(27)9-26-18(28)20(2,25-19(26)29)11-4-5-13(22)14(23)7-11/h4-8H,9H2,1-3H3,(H,24,27)(H,25,29). The van der Waals surface area contributed by atoms with E-state index in [1.807, 2.05) is 0 Å². The number of carbonyl (C=O) groups excluding carboxylic acids is 3. The van der Waals surface area contributed by atoms with Crippen molar-refractivity contribution in [2.75, 3.05) is 19.0 Å². The molecule has 2 aromatic carbocycles. The second-order valence-corrected chi connectivity index (χ2v) is 7.33. The molecule has 1 aliphatic heterocycles. The molecule has 1 aliphatic rings. The van der Waals surface area contributed by atoms with Gasteiger partial charge in [-0.25, -0.2) is 13.6 Å². The second kappa shape index (κ2) is 7.91. The Balaban J connectivity index is 1.80. The number of benzene rings is 2. The third kappa shape index (κ3) is 3.80. The van der Waals surface area contributed by atoms with Crippen LogP contribution < -0.4 is 15.4 Å². The van der Waals surface area contributed by atoms with E-state index < -0.39 is 41.6 Å². The molecule has 0 saturated carbocycles. The lowest BCUT2D eigenvalue weighted by Gasteiger charge is -2.22. The first-order valence-electron chi connectivity index (χ1n) is 8.80. The van der Waals surface area contributed by atoms with Crippen molar-refractivity contribution in [1.29, 1.82) is 0 Å². The predicted molar refractivity (Wildman–Crippen MR) is 105 cm³/mol. The zero-order chi connectivity index (χ0) is 22.2. The highest BCUT2D eigenvalue weighted by Gasteiger charge is 2.49. The van der Waals surface area contributed by atoms with E-state index in [2.05, 4.69) is 10.6 Å². The summed E-state index contributed by atoms with van der Waals surface area (Å²) >= 11 is 6.04. The Labute approximate surface area is 175 Å². The molecule has 2 N–H and O–H groups in total. The average molecular weight is 438 g/mol. The quantitative estimate of drug-likeness (QED) is 0.702. The SMILES string of the molecule is COc1cc(Cl)c(C)cc1NC(=O)CN1C(=O)NC(C)(c2ccc(F)c(F)c2)C1=O. The molecule has 0 bridgehead atoms. The number of hydrogen-bond acceptors (Lipinski definition) is 4. The van der Waals surface area contributed by atoms with Gasteiger partial charge in [0.05, 0.1) is 12.8 Å². The van der Waals surface area contributed by atoms with Crippen molar-refractivity contribution >= 4 is 35.1 Å². The van der Waals surface area contributed by atoms with E-state index in [1.54, 1.807) is 13.0 Å². The first-order chi connectivity index (χ1) is 14.1. The topological polar surface area (TPSA) is 87.7 Å². The number of ether oxygens (including phenoxy) is 1. The van der Waals surface area contributed by atoms with Gasteiger partial charge in [-0.15, -0.1) is 0 Å². The van der Waals surface area contributed by atoms with Gasteiger partial charge in [0.2, 0.25) is 5.91 Å². The van der Waals surface area contributed by atoms with Gasteiger partial charge in [-0.1, -0.05) is 17.7 Å². The van der Waals surface area contributed by atoms with Crippen LogP contribution in [0.3, 0.4) is 0 Å². The lowest BCUT2D eigenvalue weighted by Crippen LogP contribution is -2.42. The van der Waals surface area contributed by atoms with E-state index in [0.717, 1.165) is 12.1 Å². The molecule has 0 radical (unpaired) electrons. The maximum atomic E-state index is 13.6. The molecule has 10 heteroatoms. The van der Waals surface area contributed by atoms with Crippen molar-refractivity contribution in [2.45, 2.75) is 19.4 Å². The molecule has 2 aromatic rings. The van der Waals surface area contributed by atoms with E-state index in [4.69, 9.17) is 16.3 Å². The highest BCUT2D eigenvalue weighted by molar-refractivity contribution is 6.31. The molecule has 1 unspecified atom stereocenters. The number of nitrogens with one attached hydrogen (secondary N) is 2. The number of anilines is 1. The number of nitrogens with zero attached hydrogens (tertiary/aromatic N) is 1. The van der Waals surface area contributed by atoms with Gasteiger partial charge in [0.25, 0.3) is 5.91 Å². The Morgan fingerprint density at radius 2 is 1.93 bits per heavy atom. The Kier molecular flexibility index (Phi) is 5.67. The lowest BCUT2D eigenvalue weighted by molar-refractivity contribution is -0.133. The van der Waals surface area contributed by atoms with Gasteiger partial charge in [0.15, 0.2) is 11.6 Å². The Morgan fingerprint density at radius 1 is 1.23 bits per heavy atom. The van der Waals surface area contributed by atoms with Crippen LogP contribution in [-0.4, -0.2) is 36.4 Å². The third-order valence-electron chi connectivity index (χ3n) is 4.83. The zero-order valence-electron chi connectivity index (χ0n) is 16.3. The first kappa shape index (κ1) is 21.5. The number of imide groups is 1. The van der Waals surface area contributed by atoms with Crippen LogP contribution in [0.1, 0.15) is 18.1 Å². The largest absolute Gasteiger partial charge is 0.495 e. The summed E-state index contributed by atoms with van der Waals surface area (Å²) in [7, 11) is 1.40. The van der Waals surface area contributed by atoms with Gasteiger partial charge in [0, 0.05) is 11.1 Å². The van der Waals surface area contributed by atoms with Gasteiger partial charge in [-0.3, -0.25) is 14.5 Å². The summed E-state index contributed by atoms with van der Waals surface area (Å²) in [5, 5.41) is 5.45. The van der Waals surface area contributed by atoms with Crippen LogP contribution in [0, 0.1) is 18.6 Å². The van der Waals surface area contributed by atoms with Gasteiger partial charge in [-0.2, -0.15) is 0 Å². The summed E-state index contributed by atoms with van der Waals surface area (Å²) in [4.78, 5) is 38.4. The van der Waals surface area contributed by atoms with E-state index in [9.17, 15) is 23.2 Å². The van der Waals surface area contributed by atoms with Gasteiger partial charge in [-0.05, 0) is 43.2 Å². The fourth-order valence-electron chi connectivity index (χ4n) is 3.11. The number of aryl methyl sites for hydroxylation is 1. The number of hydrogen-bond donors (Lipinski definition) is 2. The Morgan fingerprint density at radius 3 is 2.57 bits per heavy atom. The molecule has 1 fully saturated rings. The van der Waals surface area contributed by atoms with Crippen LogP contribution in [0.25, 0.3) is 0 Å². The molecule has 158 valence electrons. The maximum absolute atomic E-state index is 13.6. The molecule has 4 amide bonds. The molecule has 1 atom stereocenters. The van der Waals surface area contributed by atoms with Crippen molar-refractivity contribution in [1.82, 2.24) is 10.2 Å². The van der Waals surface area contributed by atoms with Crippen LogP contribution >= 0.6 is 11.6 Å². The Hall–Kier alpha value is -3.20. The molecule has 3 rings (SSSR count). The average Bonchev–Trinajstić information content (AvgIpc) is 2.90. The molecule has 7 nitrogen and oxygen atoms in total. The van der Waals surface area contributed by atoms with Crippen LogP contribution in [-0.2, 0) is 15.1 Å². The first-order valence-corrected chi connectivity index (χ1v) is 9.18. The smallest absolute Gasteiger partial charge is 0.325 e. The van der Waals surface area contributed by atoms with Crippen molar-refractivity contribution < 1.29 is 27.9 Å². The molecule has 0 spiro atoms. The van der Waals surface area contributed by atoms with Crippen LogP contribution in [0.4, 0.5) is 19.3 Å². The summed E-state index contributed by atoms with van der Waals surface area (Å²) in [6.45, 7) is 2.50. The fourth-order valence-corrected chi connectivity index (χ4v) is 3.26. The number of rotatable bonds is 5. The minimum absolute atomic E-state index is 0.0534. The third-order valence-corrected chi connectivity index (χ3v) is 5.24. The summed E-state index contributed by atoms with van der Waals surface area (Å²) in [5.41, 5.74) is -0.577. The molecule has 1 saturated heterocycles. The summed E-state index contributed by atoms with van der Waals surface area (Å²) < 4.78 is 32.0. The van der Waals surface area contributed by atoms with Crippen LogP contribution in [0.5, 0.6) is 5.75 Å². The minimum Gasteiger partial charge on any atom is -0.495 e. The fraction of sp³-hybridized carbons (Fsp3) is 0.250. The van der Waals surface area contributed by atoms with Crippen molar-refractivity contribution in [3.05, 3.63) is 58.1 Å². The monoisotopic (exact) mass is 437 g/mol. The lowest BCUT2D eigenvalue weighted by atomic mass is 9.92. The highest BCUT2D eigenvalue weighted by atomic mass is 35.5. The van der Waals surface area contributed by atoms with Gasteiger partial charge < -0.3 is 15.4 Å². The summed E-state index contributed by atoms with van der Waals surface area (Å²) in [6.07, 6.45) is 0. The number of carbonyl (C=O) groups is 3. The molecular weight excluding hydrogens is 420 g/mol. The van der Waals surface area contributed by atoms with Crippen LogP contribution in [0.2, 0.25) is 5.02 Å². The maximum Gasteiger partial charge on any atom is 0.325 e. The van der Waals surface area contributed by atoms with Crippen molar-refractivity contribution in [3.63, 3.8) is 0 Å². The minimum atomic E-state index is -1.64. The number of methoxy groups -OCH3 is 1. The molecule has 0 aromatic heterocycles. The highest BCUT2D eigenvalue weighted by Crippen LogP contribution is 2.32. The van der Waals surface area contributed by atoms with E-state index in [-0.39, 0.29) is 5.56 Å². The summed E-state index contributed by atoms with van der Waals surface area (Å²) in [6, 6.07) is 5.18. The summed E-state index contributed by atoms with van der Waals surface area (Å²) in [5.74, 6) is -3.36. The van der Waals surface area contributed by atoms with Crippen molar-refractivity contribution in [3.8, 4) is 5.75 Å². The Bertz CT molecular complexity index is 1060. The van der Waals surface area contributed by atoms with Gasteiger partial charge >= 0.3 is 6.03 Å². The molecule has 1 heterocycles. The molecule has 0 aliphatic carbocycles. The van der Waals surface area contributed by atoms with Crippen molar-refractivity contribution in [2.24, 2.45) is 0 Å². The normalized spacial score (nSPS) is 18.4. The predicted octanol–water partition coefficient (Wildman–Crippen LogP) is 3.34.